The summed E-state index contributed by atoms with van der Waals surface area (Å²) in [5.74, 6) is 0. The lowest BCUT2D eigenvalue weighted by atomic mass is 9.79. The van der Waals surface area contributed by atoms with Crippen molar-refractivity contribution in [2.45, 2.75) is 30.7 Å². The van der Waals surface area contributed by atoms with Gasteiger partial charge < -0.3 is 9.64 Å². The Balaban J connectivity index is 1.61. The van der Waals surface area contributed by atoms with Crippen molar-refractivity contribution < 1.29 is 4.74 Å². The number of anilines is 1. The second kappa shape index (κ2) is 5.75. The van der Waals surface area contributed by atoms with Crippen molar-refractivity contribution >= 4 is 5.69 Å². The van der Waals surface area contributed by atoms with Crippen molar-refractivity contribution in [2.24, 2.45) is 0 Å². The van der Waals surface area contributed by atoms with E-state index in [-0.39, 0.29) is 6.23 Å². The van der Waals surface area contributed by atoms with Gasteiger partial charge in [-0.1, -0.05) is 66.4 Å². The van der Waals surface area contributed by atoms with Gasteiger partial charge in [-0.2, -0.15) is 6.07 Å². The average Bonchev–Trinajstić information content (AvgIpc) is 3.45. The molecule has 2 saturated heterocycles. The SMILES string of the molecule is c1ccc(C2(c3ccccc3)O[C@H]3[C@@H]4CCCN4CN3c3[cH-]ccc32)cc1. The van der Waals surface area contributed by atoms with Crippen LogP contribution in [0.15, 0.2) is 78.9 Å². The molecule has 0 N–H and O–H groups in total. The largest absolute Gasteiger partial charge is 0.355 e. The number of nitrogens with zero attached hydrogens (tertiary/aromatic N) is 2. The van der Waals surface area contributed by atoms with Crippen molar-refractivity contribution in [2.75, 3.05) is 18.1 Å². The third-order valence-electron chi connectivity index (χ3n) is 6.52. The first-order valence-corrected chi connectivity index (χ1v) is 9.94. The fourth-order valence-corrected chi connectivity index (χ4v) is 5.35. The standard InChI is InChI=1S/C24H23N2O/c1-3-9-18(10-4-1)24(19-11-5-2-6-12-19)20-13-7-14-21(20)26-17-25-16-8-15-22(25)23(26)27-24/h1-7,9-14,22-23H,8,15-17H2/q-1/t22-,23-/m0/s1. The van der Waals surface area contributed by atoms with Crippen LogP contribution in [0.4, 0.5) is 5.69 Å². The van der Waals surface area contributed by atoms with Crippen LogP contribution in [-0.2, 0) is 10.3 Å². The number of benzene rings is 2. The molecular weight excluding hydrogens is 332 g/mol. The second-order valence-corrected chi connectivity index (χ2v) is 7.88. The van der Waals surface area contributed by atoms with Crippen LogP contribution in [0.1, 0.15) is 29.5 Å². The molecule has 27 heavy (non-hydrogen) atoms. The summed E-state index contributed by atoms with van der Waals surface area (Å²) in [6, 6.07) is 28.7. The normalized spacial score (nSPS) is 25.9. The minimum absolute atomic E-state index is 0.0998. The molecule has 0 bridgehead atoms. The summed E-state index contributed by atoms with van der Waals surface area (Å²) in [5, 5.41) is 0. The van der Waals surface area contributed by atoms with Crippen molar-refractivity contribution in [1.82, 2.24) is 4.90 Å². The predicted octanol–water partition coefficient (Wildman–Crippen LogP) is 4.30. The number of ether oxygens (including phenoxy) is 1. The summed E-state index contributed by atoms with van der Waals surface area (Å²) >= 11 is 0. The Morgan fingerprint density at radius 1 is 0.926 bits per heavy atom. The Morgan fingerprint density at radius 2 is 1.63 bits per heavy atom. The molecule has 136 valence electrons. The van der Waals surface area contributed by atoms with E-state index < -0.39 is 5.60 Å². The summed E-state index contributed by atoms with van der Waals surface area (Å²) < 4.78 is 7.15. The van der Waals surface area contributed by atoms with Crippen molar-refractivity contribution in [3.05, 3.63) is 95.6 Å². The molecule has 0 radical (unpaired) electrons. The number of fused-ring (bicyclic) bond motifs is 5. The average molecular weight is 355 g/mol. The molecule has 3 nitrogen and oxygen atoms in total. The van der Waals surface area contributed by atoms with Crippen LogP contribution < -0.4 is 4.90 Å². The molecule has 6 rings (SSSR count). The Labute approximate surface area is 160 Å². The summed E-state index contributed by atoms with van der Waals surface area (Å²) in [7, 11) is 0. The summed E-state index contributed by atoms with van der Waals surface area (Å²) in [6.45, 7) is 2.16. The van der Waals surface area contributed by atoms with E-state index in [4.69, 9.17) is 4.74 Å². The number of hydrogen-bond acceptors (Lipinski definition) is 3. The highest BCUT2D eigenvalue weighted by Crippen LogP contribution is 2.52. The van der Waals surface area contributed by atoms with Gasteiger partial charge in [-0.15, -0.1) is 11.6 Å². The van der Waals surface area contributed by atoms with Crippen LogP contribution >= 0.6 is 0 Å². The van der Waals surface area contributed by atoms with Gasteiger partial charge >= 0.3 is 0 Å². The van der Waals surface area contributed by atoms with Gasteiger partial charge in [0, 0.05) is 6.54 Å². The van der Waals surface area contributed by atoms with E-state index in [9.17, 15) is 0 Å². The Kier molecular flexibility index (Phi) is 3.31. The van der Waals surface area contributed by atoms with Gasteiger partial charge in [-0.05, 0) is 24.0 Å². The lowest BCUT2D eigenvalue weighted by molar-refractivity contribution is -0.0639. The summed E-state index contributed by atoms with van der Waals surface area (Å²) in [6.07, 6.45) is 2.59. The molecule has 0 aromatic heterocycles. The lowest BCUT2D eigenvalue weighted by Crippen LogP contribution is -2.50. The minimum atomic E-state index is -0.554. The van der Waals surface area contributed by atoms with Gasteiger partial charge in [-0.25, -0.2) is 6.07 Å². The van der Waals surface area contributed by atoms with E-state index in [0.717, 1.165) is 6.67 Å². The van der Waals surface area contributed by atoms with Gasteiger partial charge in [0.15, 0.2) is 0 Å². The number of hydrogen-bond donors (Lipinski definition) is 0. The molecule has 3 aromatic rings. The quantitative estimate of drug-likeness (QED) is 0.638. The molecule has 3 heterocycles. The Hall–Kier alpha value is -2.49. The van der Waals surface area contributed by atoms with Crippen molar-refractivity contribution in [1.29, 1.82) is 0 Å². The molecule has 3 aliphatic heterocycles. The van der Waals surface area contributed by atoms with Gasteiger partial charge in [-0.3, -0.25) is 4.90 Å². The maximum atomic E-state index is 7.15. The first kappa shape index (κ1) is 15.6. The van der Waals surface area contributed by atoms with Crippen LogP contribution in [-0.4, -0.2) is 30.4 Å². The first-order valence-electron chi connectivity index (χ1n) is 9.94. The molecule has 2 atom stereocenters. The molecule has 2 fully saturated rings. The maximum absolute atomic E-state index is 7.15. The third kappa shape index (κ3) is 2.07. The van der Waals surface area contributed by atoms with Crippen LogP contribution in [0.2, 0.25) is 0 Å². The van der Waals surface area contributed by atoms with E-state index >= 15 is 0 Å². The smallest absolute Gasteiger partial charge is 0.145 e. The molecule has 0 aliphatic carbocycles. The van der Waals surface area contributed by atoms with Crippen LogP contribution in [0.25, 0.3) is 0 Å². The monoisotopic (exact) mass is 355 g/mol. The topological polar surface area (TPSA) is 15.7 Å². The van der Waals surface area contributed by atoms with E-state index in [1.54, 1.807) is 0 Å². The van der Waals surface area contributed by atoms with E-state index in [2.05, 4.69) is 88.7 Å². The van der Waals surface area contributed by atoms with E-state index in [0.29, 0.717) is 6.04 Å². The molecule has 3 aliphatic rings. The van der Waals surface area contributed by atoms with Crippen molar-refractivity contribution in [3.8, 4) is 0 Å². The highest BCUT2D eigenvalue weighted by Gasteiger charge is 2.51. The first-order chi connectivity index (χ1) is 13.4. The van der Waals surface area contributed by atoms with Gasteiger partial charge in [0.05, 0.1) is 18.3 Å². The highest BCUT2D eigenvalue weighted by atomic mass is 16.5. The zero-order valence-electron chi connectivity index (χ0n) is 15.3. The molecule has 3 heteroatoms. The summed E-state index contributed by atoms with van der Waals surface area (Å²) in [4.78, 5) is 5.07. The fourth-order valence-electron chi connectivity index (χ4n) is 5.35. The third-order valence-corrected chi connectivity index (χ3v) is 6.52. The molecule has 0 spiro atoms. The summed E-state index contributed by atoms with van der Waals surface area (Å²) in [5.41, 5.74) is 4.45. The van der Waals surface area contributed by atoms with Crippen LogP contribution in [0.3, 0.4) is 0 Å². The molecule has 3 aromatic carbocycles. The zero-order valence-corrected chi connectivity index (χ0v) is 15.3. The van der Waals surface area contributed by atoms with Gasteiger partial charge in [0.2, 0.25) is 0 Å². The minimum Gasteiger partial charge on any atom is -0.355 e. The van der Waals surface area contributed by atoms with Gasteiger partial charge in [0.1, 0.15) is 6.23 Å². The molecular formula is C24H23N2O-. The second-order valence-electron chi connectivity index (χ2n) is 7.88. The molecule has 0 unspecified atom stereocenters. The number of rotatable bonds is 2. The predicted molar refractivity (Wildman–Crippen MR) is 107 cm³/mol. The Bertz CT molecular complexity index is 909. The zero-order chi connectivity index (χ0) is 17.8. The maximum Gasteiger partial charge on any atom is 0.145 e. The fraction of sp³-hybridized carbons (Fsp3) is 0.292. The van der Waals surface area contributed by atoms with E-state index in [1.807, 2.05) is 0 Å². The highest BCUT2D eigenvalue weighted by molar-refractivity contribution is 5.66. The van der Waals surface area contributed by atoms with E-state index in [1.165, 1.54) is 41.8 Å². The van der Waals surface area contributed by atoms with Crippen LogP contribution in [0, 0.1) is 0 Å². The molecule has 0 amide bonds. The Morgan fingerprint density at radius 3 is 2.33 bits per heavy atom. The molecule has 0 saturated carbocycles. The van der Waals surface area contributed by atoms with Crippen molar-refractivity contribution in [3.63, 3.8) is 0 Å². The van der Waals surface area contributed by atoms with Gasteiger partial charge in [0.25, 0.3) is 0 Å². The van der Waals surface area contributed by atoms with Crippen LogP contribution in [0.5, 0.6) is 0 Å². The lowest BCUT2D eigenvalue weighted by Gasteiger charge is -2.51.